The van der Waals surface area contributed by atoms with Gasteiger partial charge in [-0.25, -0.2) is 8.42 Å². The molecule has 0 saturated carbocycles. The first-order chi connectivity index (χ1) is 11.4. The number of carbonyl (C=O) groups excluding carboxylic acids is 1. The normalized spacial score (nSPS) is 11.1. The first-order valence-electron chi connectivity index (χ1n) is 7.28. The van der Waals surface area contributed by atoms with Crippen molar-refractivity contribution >= 4 is 27.3 Å². The van der Waals surface area contributed by atoms with Crippen molar-refractivity contribution in [3.8, 4) is 5.75 Å². The van der Waals surface area contributed by atoms with Crippen LogP contribution >= 0.6 is 11.6 Å². The van der Waals surface area contributed by atoms with E-state index >= 15 is 0 Å². The summed E-state index contributed by atoms with van der Waals surface area (Å²) in [7, 11) is -3.12. The second-order valence-corrected chi connectivity index (χ2v) is 7.93. The van der Waals surface area contributed by atoms with Gasteiger partial charge in [0.15, 0.2) is 0 Å². The molecule has 0 aliphatic carbocycles. The number of halogens is 1. The SMILES string of the molecule is CS(=O)(=O)CCNC(=O)c1ccccc1OCc1ccccc1Cl. The summed E-state index contributed by atoms with van der Waals surface area (Å²) >= 11 is 6.09. The van der Waals surface area contributed by atoms with Crippen LogP contribution in [0.1, 0.15) is 15.9 Å². The van der Waals surface area contributed by atoms with Crippen LogP contribution in [0, 0.1) is 0 Å². The summed E-state index contributed by atoms with van der Waals surface area (Å²) in [6.07, 6.45) is 1.12. The molecule has 0 bridgehead atoms. The highest BCUT2D eigenvalue weighted by Gasteiger charge is 2.13. The van der Waals surface area contributed by atoms with Crippen LogP contribution in [0.4, 0.5) is 0 Å². The standard InChI is InChI=1S/C17H18ClNO4S/c1-24(21,22)11-10-19-17(20)14-7-3-5-9-16(14)23-12-13-6-2-4-8-15(13)18/h2-9H,10-12H2,1H3,(H,19,20). The molecular formula is C17H18ClNO4S. The number of carbonyl (C=O) groups is 1. The van der Waals surface area contributed by atoms with Crippen LogP contribution in [0.5, 0.6) is 5.75 Å². The van der Waals surface area contributed by atoms with Crippen molar-refractivity contribution in [3.05, 3.63) is 64.7 Å². The van der Waals surface area contributed by atoms with Crippen LogP contribution in [0.2, 0.25) is 5.02 Å². The average molecular weight is 368 g/mol. The van der Waals surface area contributed by atoms with E-state index in [-0.39, 0.29) is 24.8 Å². The lowest BCUT2D eigenvalue weighted by Crippen LogP contribution is -2.29. The van der Waals surface area contributed by atoms with E-state index in [0.717, 1.165) is 11.8 Å². The van der Waals surface area contributed by atoms with E-state index in [1.165, 1.54) is 0 Å². The zero-order chi connectivity index (χ0) is 17.6. The highest BCUT2D eigenvalue weighted by atomic mass is 35.5. The van der Waals surface area contributed by atoms with Gasteiger partial charge >= 0.3 is 0 Å². The molecule has 1 N–H and O–H groups in total. The van der Waals surface area contributed by atoms with Crippen LogP contribution in [0.3, 0.4) is 0 Å². The summed E-state index contributed by atoms with van der Waals surface area (Å²) in [4.78, 5) is 12.2. The van der Waals surface area contributed by atoms with Gasteiger partial charge < -0.3 is 10.1 Å². The lowest BCUT2D eigenvalue weighted by molar-refractivity contribution is 0.0951. The van der Waals surface area contributed by atoms with Gasteiger partial charge in [-0.05, 0) is 18.2 Å². The number of benzene rings is 2. The van der Waals surface area contributed by atoms with Gasteiger partial charge in [0.2, 0.25) is 0 Å². The summed E-state index contributed by atoms with van der Waals surface area (Å²) in [5, 5.41) is 3.17. The van der Waals surface area contributed by atoms with Crippen molar-refractivity contribution in [3.63, 3.8) is 0 Å². The first-order valence-corrected chi connectivity index (χ1v) is 9.72. The van der Waals surface area contributed by atoms with Crippen LogP contribution in [-0.4, -0.2) is 32.9 Å². The van der Waals surface area contributed by atoms with E-state index < -0.39 is 9.84 Å². The van der Waals surface area contributed by atoms with Gasteiger partial charge in [0.25, 0.3) is 5.91 Å². The molecule has 0 aliphatic heterocycles. The van der Waals surface area contributed by atoms with Gasteiger partial charge in [-0.1, -0.05) is 41.9 Å². The molecule has 0 unspecified atom stereocenters. The van der Waals surface area contributed by atoms with Crippen molar-refractivity contribution in [2.24, 2.45) is 0 Å². The van der Waals surface area contributed by atoms with Gasteiger partial charge in [-0.2, -0.15) is 0 Å². The van der Waals surface area contributed by atoms with Crippen LogP contribution in [-0.2, 0) is 16.4 Å². The molecule has 2 rings (SSSR count). The smallest absolute Gasteiger partial charge is 0.255 e. The maximum Gasteiger partial charge on any atom is 0.255 e. The molecule has 2 aromatic rings. The zero-order valence-corrected chi connectivity index (χ0v) is 14.7. The molecule has 0 fully saturated rings. The molecule has 0 atom stereocenters. The predicted octanol–water partition coefficient (Wildman–Crippen LogP) is 2.69. The maximum atomic E-state index is 12.2. The third-order valence-corrected chi connectivity index (χ3v) is 4.55. The summed E-state index contributed by atoms with van der Waals surface area (Å²) in [6, 6.07) is 14.1. The highest BCUT2D eigenvalue weighted by molar-refractivity contribution is 7.90. The van der Waals surface area contributed by atoms with Crippen LogP contribution in [0.25, 0.3) is 0 Å². The Hall–Kier alpha value is -2.05. The van der Waals surface area contributed by atoms with Gasteiger partial charge in [0, 0.05) is 23.4 Å². The molecule has 0 aromatic heterocycles. The Morgan fingerprint density at radius 1 is 1.12 bits per heavy atom. The fourth-order valence-corrected chi connectivity index (χ4v) is 2.66. The third-order valence-electron chi connectivity index (χ3n) is 3.23. The summed E-state index contributed by atoms with van der Waals surface area (Å²) in [5.41, 5.74) is 1.16. The maximum absolute atomic E-state index is 12.2. The average Bonchev–Trinajstić information content (AvgIpc) is 2.53. The monoisotopic (exact) mass is 367 g/mol. The Bertz CT molecular complexity index is 821. The van der Waals surface area contributed by atoms with Gasteiger partial charge in [-0.3, -0.25) is 4.79 Å². The van der Waals surface area contributed by atoms with E-state index in [1.54, 1.807) is 30.3 Å². The number of hydrogen-bond acceptors (Lipinski definition) is 4. The Morgan fingerprint density at radius 2 is 1.79 bits per heavy atom. The topological polar surface area (TPSA) is 72.5 Å². The summed E-state index contributed by atoms with van der Waals surface area (Å²) in [5.74, 6) is -0.0795. The Labute approximate surface area is 146 Å². The third kappa shape index (κ3) is 5.54. The first kappa shape index (κ1) is 18.3. The van der Waals surface area contributed by atoms with Crippen LogP contribution in [0.15, 0.2) is 48.5 Å². The minimum atomic E-state index is -3.12. The second-order valence-electron chi connectivity index (χ2n) is 5.26. The van der Waals surface area contributed by atoms with E-state index in [2.05, 4.69) is 5.32 Å². The zero-order valence-electron chi connectivity index (χ0n) is 13.2. The molecule has 0 heterocycles. The lowest BCUT2D eigenvalue weighted by Gasteiger charge is -2.12. The van der Waals surface area contributed by atoms with Gasteiger partial charge in [0.05, 0.1) is 11.3 Å². The van der Waals surface area contributed by atoms with Crippen molar-refractivity contribution in [1.82, 2.24) is 5.32 Å². The number of rotatable bonds is 7. The number of sulfone groups is 1. The van der Waals surface area contributed by atoms with E-state index in [4.69, 9.17) is 16.3 Å². The fourth-order valence-electron chi connectivity index (χ4n) is 2.00. The van der Waals surface area contributed by atoms with Gasteiger partial charge in [0.1, 0.15) is 22.2 Å². The number of para-hydroxylation sites is 1. The molecule has 24 heavy (non-hydrogen) atoms. The molecule has 2 aromatic carbocycles. The molecule has 0 aliphatic rings. The fraction of sp³-hybridized carbons (Fsp3) is 0.235. The quantitative estimate of drug-likeness (QED) is 0.816. The van der Waals surface area contributed by atoms with Crippen molar-refractivity contribution in [2.45, 2.75) is 6.61 Å². The molecule has 0 radical (unpaired) electrons. The second kappa shape index (κ2) is 8.17. The van der Waals surface area contributed by atoms with Crippen LogP contribution < -0.4 is 10.1 Å². The Morgan fingerprint density at radius 3 is 2.50 bits per heavy atom. The highest BCUT2D eigenvalue weighted by Crippen LogP contribution is 2.21. The van der Waals surface area contributed by atoms with E-state index in [9.17, 15) is 13.2 Å². The van der Waals surface area contributed by atoms with E-state index in [1.807, 2.05) is 18.2 Å². The molecular weight excluding hydrogens is 350 g/mol. The lowest BCUT2D eigenvalue weighted by atomic mass is 10.2. The summed E-state index contributed by atoms with van der Waals surface area (Å²) in [6.45, 7) is 0.282. The minimum absolute atomic E-state index is 0.0521. The molecule has 0 saturated heterocycles. The number of hydrogen-bond donors (Lipinski definition) is 1. The molecule has 128 valence electrons. The molecule has 7 heteroatoms. The minimum Gasteiger partial charge on any atom is -0.488 e. The predicted molar refractivity (Wildman–Crippen MR) is 94.3 cm³/mol. The van der Waals surface area contributed by atoms with Gasteiger partial charge in [-0.15, -0.1) is 0 Å². The Balaban J connectivity index is 2.04. The number of nitrogens with one attached hydrogen (secondary N) is 1. The molecule has 1 amide bonds. The molecule has 5 nitrogen and oxygen atoms in total. The van der Waals surface area contributed by atoms with Crippen molar-refractivity contribution in [2.75, 3.05) is 18.6 Å². The van der Waals surface area contributed by atoms with E-state index in [0.29, 0.717) is 16.3 Å². The van der Waals surface area contributed by atoms with Crippen molar-refractivity contribution < 1.29 is 17.9 Å². The van der Waals surface area contributed by atoms with Crippen molar-refractivity contribution in [1.29, 1.82) is 0 Å². The largest absolute Gasteiger partial charge is 0.488 e. The molecule has 0 spiro atoms. The summed E-state index contributed by atoms with van der Waals surface area (Å²) < 4.78 is 27.9. The Kier molecular flexibility index (Phi) is 6.23. The number of amides is 1. The number of ether oxygens (including phenoxy) is 1.